The molecule has 0 aromatic heterocycles. The Morgan fingerprint density at radius 2 is 1.40 bits per heavy atom. The Morgan fingerprint density at radius 1 is 0.840 bits per heavy atom. The van der Waals surface area contributed by atoms with Gasteiger partial charge in [-0.05, 0) is 42.9 Å². The molecule has 0 spiro atoms. The van der Waals surface area contributed by atoms with E-state index in [-0.39, 0.29) is 0 Å². The lowest BCUT2D eigenvalue weighted by Gasteiger charge is -2.17. The molecule has 0 amide bonds. The van der Waals surface area contributed by atoms with Gasteiger partial charge in [0, 0.05) is 11.8 Å². The summed E-state index contributed by atoms with van der Waals surface area (Å²) in [5.74, 6) is 0.565. The zero-order valence-corrected chi connectivity index (χ0v) is 17.6. The summed E-state index contributed by atoms with van der Waals surface area (Å²) >= 11 is 4.67. The molecular weight excluding hydrogens is 351 g/mol. The first kappa shape index (κ1) is 22.6. The predicted octanol–water partition coefficient (Wildman–Crippen LogP) is 6.30. The monoisotopic (exact) mass is 386 g/mol. The first-order valence-electron chi connectivity index (χ1n) is 9.83. The largest absolute Gasteiger partial charge is 0.424 e. The van der Waals surface area contributed by atoms with Crippen LogP contribution in [0.5, 0.6) is 5.75 Å². The van der Waals surface area contributed by atoms with Crippen LogP contribution in [0.15, 0.2) is 18.2 Å². The SMILES string of the molecule is CCCCCCCc1cccc(OP(O)(O)=S)c1CCCCCCC. The van der Waals surface area contributed by atoms with Crippen LogP contribution in [0.4, 0.5) is 0 Å². The molecular formula is C20H35O3PS. The molecule has 0 heterocycles. The van der Waals surface area contributed by atoms with Crippen LogP contribution in [0.2, 0.25) is 0 Å². The third kappa shape index (κ3) is 10.4. The molecule has 5 heteroatoms. The van der Waals surface area contributed by atoms with E-state index in [1.807, 2.05) is 12.1 Å². The van der Waals surface area contributed by atoms with Gasteiger partial charge in [0.2, 0.25) is 0 Å². The first-order chi connectivity index (χ1) is 12.0. The van der Waals surface area contributed by atoms with Crippen molar-refractivity contribution in [3.05, 3.63) is 29.3 Å². The first-order valence-corrected chi connectivity index (χ1v) is 12.5. The Morgan fingerprint density at radius 3 is 1.96 bits per heavy atom. The van der Waals surface area contributed by atoms with Gasteiger partial charge in [0.1, 0.15) is 5.75 Å². The lowest BCUT2D eigenvalue weighted by Crippen LogP contribution is -2.01. The minimum Gasteiger partial charge on any atom is -0.424 e. The molecule has 1 aromatic carbocycles. The van der Waals surface area contributed by atoms with Crippen molar-refractivity contribution in [2.75, 3.05) is 0 Å². The third-order valence-corrected chi connectivity index (χ3v) is 5.19. The maximum Gasteiger partial charge on any atom is 0.375 e. The van der Waals surface area contributed by atoms with Gasteiger partial charge in [-0.3, -0.25) is 0 Å². The van der Waals surface area contributed by atoms with Crippen LogP contribution >= 0.6 is 6.72 Å². The summed E-state index contributed by atoms with van der Waals surface area (Å²) in [5, 5.41) is 0. The van der Waals surface area contributed by atoms with Crippen molar-refractivity contribution >= 4 is 18.5 Å². The Bertz CT molecular complexity index is 528. The molecule has 1 rings (SSSR count). The van der Waals surface area contributed by atoms with Crippen molar-refractivity contribution in [3.8, 4) is 5.75 Å². The van der Waals surface area contributed by atoms with Crippen LogP contribution in [-0.2, 0) is 24.6 Å². The van der Waals surface area contributed by atoms with Crippen LogP contribution in [0.1, 0.15) is 89.2 Å². The van der Waals surface area contributed by atoms with E-state index in [2.05, 4.69) is 31.7 Å². The van der Waals surface area contributed by atoms with E-state index in [1.54, 1.807) is 0 Å². The van der Waals surface area contributed by atoms with E-state index in [9.17, 15) is 9.79 Å². The fraction of sp³-hybridized carbons (Fsp3) is 0.700. The molecule has 0 bridgehead atoms. The minimum atomic E-state index is -3.69. The van der Waals surface area contributed by atoms with Gasteiger partial charge in [-0.25, -0.2) is 0 Å². The van der Waals surface area contributed by atoms with E-state index < -0.39 is 6.72 Å². The second-order valence-corrected chi connectivity index (χ2v) is 9.39. The molecule has 0 saturated heterocycles. The molecule has 0 unspecified atom stereocenters. The van der Waals surface area contributed by atoms with Gasteiger partial charge in [0.15, 0.2) is 0 Å². The number of unbranched alkanes of at least 4 members (excludes halogenated alkanes) is 8. The zero-order chi connectivity index (χ0) is 18.5. The van der Waals surface area contributed by atoms with E-state index in [1.165, 1.54) is 63.4 Å². The molecule has 0 radical (unpaired) electrons. The molecule has 0 aliphatic heterocycles. The standard InChI is InChI=1S/C20H35O3PS/c1-3-5-7-9-11-14-18-15-13-17-20(23-24(21,22)25)19(18)16-12-10-8-6-4-2/h13,15,17H,3-12,14,16H2,1-2H3,(H2,21,22,25). The molecule has 25 heavy (non-hydrogen) atoms. The van der Waals surface area contributed by atoms with Crippen molar-refractivity contribution in [1.29, 1.82) is 0 Å². The second kappa shape index (κ2) is 12.9. The van der Waals surface area contributed by atoms with Crippen LogP contribution in [-0.4, -0.2) is 9.79 Å². The van der Waals surface area contributed by atoms with E-state index in [4.69, 9.17) is 4.52 Å². The van der Waals surface area contributed by atoms with Crippen molar-refractivity contribution in [2.24, 2.45) is 0 Å². The molecule has 2 N–H and O–H groups in total. The quantitative estimate of drug-likeness (QED) is 0.291. The summed E-state index contributed by atoms with van der Waals surface area (Å²) in [7, 11) is 0. The van der Waals surface area contributed by atoms with E-state index in [0.717, 1.165) is 24.8 Å². The summed E-state index contributed by atoms with van der Waals surface area (Å²) in [6, 6.07) is 5.89. The molecule has 0 aliphatic carbocycles. The highest BCUT2D eigenvalue weighted by Crippen LogP contribution is 2.41. The minimum absolute atomic E-state index is 0.565. The maximum atomic E-state index is 9.56. The number of hydrogen-bond donors (Lipinski definition) is 2. The summed E-state index contributed by atoms with van der Waals surface area (Å²) in [6.45, 7) is 0.754. The number of rotatable bonds is 14. The Hall–Kier alpha value is -0.410. The van der Waals surface area contributed by atoms with Gasteiger partial charge >= 0.3 is 6.72 Å². The van der Waals surface area contributed by atoms with E-state index in [0.29, 0.717) is 5.75 Å². The zero-order valence-electron chi connectivity index (χ0n) is 15.9. The Balaban J connectivity index is 2.74. The van der Waals surface area contributed by atoms with Crippen LogP contribution in [0, 0.1) is 0 Å². The van der Waals surface area contributed by atoms with Crippen molar-refractivity contribution in [1.82, 2.24) is 0 Å². The highest BCUT2D eigenvalue weighted by Gasteiger charge is 2.16. The Labute approximate surface area is 159 Å². The highest BCUT2D eigenvalue weighted by molar-refractivity contribution is 8.06. The molecule has 0 aliphatic rings. The van der Waals surface area contributed by atoms with Crippen molar-refractivity contribution in [2.45, 2.75) is 90.9 Å². The lowest BCUT2D eigenvalue weighted by atomic mass is 9.95. The average Bonchev–Trinajstić information content (AvgIpc) is 2.55. The summed E-state index contributed by atoms with van der Waals surface area (Å²) in [6.07, 6.45) is 14.2. The van der Waals surface area contributed by atoms with Crippen LogP contribution < -0.4 is 4.52 Å². The normalized spacial score (nSPS) is 11.7. The molecule has 0 fully saturated rings. The van der Waals surface area contributed by atoms with Crippen LogP contribution in [0.25, 0.3) is 0 Å². The number of aryl methyl sites for hydroxylation is 1. The van der Waals surface area contributed by atoms with Gasteiger partial charge in [-0.2, -0.15) is 0 Å². The molecule has 3 nitrogen and oxygen atoms in total. The topological polar surface area (TPSA) is 49.7 Å². The summed E-state index contributed by atoms with van der Waals surface area (Å²) < 4.78 is 5.33. The fourth-order valence-corrected chi connectivity index (χ4v) is 3.84. The van der Waals surface area contributed by atoms with E-state index >= 15 is 0 Å². The molecule has 144 valence electrons. The highest BCUT2D eigenvalue weighted by atomic mass is 32.5. The molecule has 1 aromatic rings. The molecule has 0 saturated carbocycles. The smallest absolute Gasteiger partial charge is 0.375 e. The lowest BCUT2D eigenvalue weighted by molar-refractivity contribution is 0.368. The van der Waals surface area contributed by atoms with Gasteiger partial charge in [0.05, 0.1) is 0 Å². The fourth-order valence-electron chi connectivity index (χ4n) is 3.17. The van der Waals surface area contributed by atoms with Gasteiger partial charge in [-0.1, -0.05) is 77.3 Å². The second-order valence-electron chi connectivity index (χ2n) is 6.80. The number of benzene rings is 1. The van der Waals surface area contributed by atoms with Crippen molar-refractivity contribution < 1.29 is 14.3 Å². The van der Waals surface area contributed by atoms with Crippen LogP contribution in [0.3, 0.4) is 0 Å². The van der Waals surface area contributed by atoms with Gasteiger partial charge in [-0.15, -0.1) is 0 Å². The Kier molecular flexibility index (Phi) is 11.6. The predicted molar refractivity (Wildman–Crippen MR) is 111 cm³/mol. The average molecular weight is 387 g/mol. The summed E-state index contributed by atoms with van der Waals surface area (Å²) in [5.41, 5.74) is 2.39. The van der Waals surface area contributed by atoms with Gasteiger partial charge < -0.3 is 14.3 Å². The van der Waals surface area contributed by atoms with Gasteiger partial charge in [0.25, 0.3) is 0 Å². The molecule has 0 atom stereocenters. The van der Waals surface area contributed by atoms with Crippen molar-refractivity contribution in [3.63, 3.8) is 0 Å². The number of hydrogen-bond acceptors (Lipinski definition) is 2. The third-order valence-electron chi connectivity index (χ3n) is 4.53. The summed E-state index contributed by atoms with van der Waals surface area (Å²) in [4.78, 5) is 19.1. The maximum absolute atomic E-state index is 9.56.